The number of hydrogen-bond acceptors (Lipinski definition) is 5. The number of hydrogen-bond donors (Lipinski definition) is 0. The van der Waals surface area contributed by atoms with Crippen LogP contribution in [0.15, 0.2) is 0 Å². The van der Waals surface area contributed by atoms with Gasteiger partial charge < -0.3 is 14.2 Å². The molecule has 5 nitrogen and oxygen atoms in total. The molecule has 0 rings (SSSR count). The summed E-state index contributed by atoms with van der Waals surface area (Å²) in [4.78, 5) is 23.6. The Bertz CT molecular complexity index is 389. The molecule has 0 aliphatic heterocycles. The van der Waals surface area contributed by atoms with Gasteiger partial charge in [0.25, 0.3) is 0 Å². The van der Waals surface area contributed by atoms with E-state index in [2.05, 4.69) is 13.8 Å². The van der Waals surface area contributed by atoms with E-state index in [4.69, 9.17) is 14.2 Å². The molecule has 5 heteroatoms. The molecule has 178 valence electrons. The summed E-state index contributed by atoms with van der Waals surface area (Å²) in [6.07, 6.45) is 16.0. The fourth-order valence-corrected chi connectivity index (χ4v) is 3.48. The SMILES string of the molecule is CCCCCCCCOC(=O)CCCCCC(=O)OCCC(CCCC)CCOC. The molecule has 0 aliphatic carbocycles. The summed E-state index contributed by atoms with van der Waals surface area (Å²) in [6, 6.07) is 0. The minimum atomic E-state index is -0.123. The van der Waals surface area contributed by atoms with E-state index in [1.54, 1.807) is 7.11 Å². The van der Waals surface area contributed by atoms with Crippen molar-refractivity contribution in [1.29, 1.82) is 0 Å². The normalized spacial score (nSPS) is 12.0. The Morgan fingerprint density at radius 2 is 1.13 bits per heavy atom. The Balaban J connectivity index is 3.57. The Morgan fingerprint density at radius 3 is 1.77 bits per heavy atom. The largest absolute Gasteiger partial charge is 0.466 e. The van der Waals surface area contributed by atoms with Gasteiger partial charge in [0, 0.05) is 26.6 Å². The first-order valence-electron chi connectivity index (χ1n) is 12.4. The third-order valence-electron chi connectivity index (χ3n) is 5.51. The maximum absolute atomic E-state index is 11.9. The zero-order valence-corrected chi connectivity index (χ0v) is 20.1. The van der Waals surface area contributed by atoms with E-state index in [1.807, 2.05) is 0 Å². The molecule has 0 saturated heterocycles. The molecule has 0 aromatic rings. The molecule has 1 atom stereocenters. The molecule has 0 aromatic heterocycles. The van der Waals surface area contributed by atoms with Crippen molar-refractivity contribution >= 4 is 11.9 Å². The first kappa shape index (κ1) is 28.9. The maximum Gasteiger partial charge on any atom is 0.305 e. The van der Waals surface area contributed by atoms with E-state index in [0.717, 1.165) is 51.6 Å². The molecule has 0 heterocycles. The fraction of sp³-hybridized carbons (Fsp3) is 0.920. The lowest BCUT2D eigenvalue weighted by Crippen LogP contribution is -2.12. The number of methoxy groups -OCH3 is 1. The van der Waals surface area contributed by atoms with Gasteiger partial charge in [0.15, 0.2) is 0 Å². The van der Waals surface area contributed by atoms with Gasteiger partial charge in [-0.1, -0.05) is 71.6 Å². The molecule has 0 radical (unpaired) electrons. The van der Waals surface area contributed by atoms with E-state index < -0.39 is 0 Å². The topological polar surface area (TPSA) is 61.8 Å². The van der Waals surface area contributed by atoms with Crippen molar-refractivity contribution in [2.75, 3.05) is 26.9 Å². The van der Waals surface area contributed by atoms with E-state index in [-0.39, 0.29) is 11.9 Å². The summed E-state index contributed by atoms with van der Waals surface area (Å²) in [5.74, 6) is 0.335. The van der Waals surface area contributed by atoms with Gasteiger partial charge in [-0.15, -0.1) is 0 Å². The highest BCUT2D eigenvalue weighted by Gasteiger charge is 2.10. The Morgan fingerprint density at radius 1 is 0.600 bits per heavy atom. The number of carbonyl (C=O) groups excluding carboxylic acids is 2. The number of ether oxygens (including phenoxy) is 3. The molecule has 0 fully saturated rings. The quantitative estimate of drug-likeness (QED) is 0.143. The average Bonchev–Trinajstić information content (AvgIpc) is 2.74. The molecule has 1 unspecified atom stereocenters. The predicted octanol–water partition coefficient (Wildman–Crippen LogP) is 6.62. The van der Waals surface area contributed by atoms with Crippen molar-refractivity contribution in [1.82, 2.24) is 0 Å². The van der Waals surface area contributed by atoms with Crippen LogP contribution in [0.3, 0.4) is 0 Å². The van der Waals surface area contributed by atoms with Crippen molar-refractivity contribution in [2.24, 2.45) is 5.92 Å². The molecule has 0 bridgehead atoms. The first-order valence-corrected chi connectivity index (χ1v) is 12.4. The van der Waals surface area contributed by atoms with Crippen LogP contribution < -0.4 is 0 Å². The number of esters is 2. The number of carbonyl (C=O) groups is 2. The van der Waals surface area contributed by atoms with Crippen LogP contribution in [0.1, 0.15) is 117 Å². The average molecular weight is 429 g/mol. The second-order valence-electron chi connectivity index (χ2n) is 8.35. The summed E-state index contributed by atoms with van der Waals surface area (Å²) in [7, 11) is 1.73. The summed E-state index contributed by atoms with van der Waals surface area (Å²) >= 11 is 0. The van der Waals surface area contributed by atoms with Gasteiger partial charge in [0.2, 0.25) is 0 Å². The van der Waals surface area contributed by atoms with E-state index in [9.17, 15) is 9.59 Å². The Labute approximate surface area is 185 Å². The molecule has 0 N–H and O–H groups in total. The molecule has 0 amide bonds. The molecule has 30 heavy (non-hydrogen) atoms. The summed E-state index contributed by atoms with van der Waals surface area (Å²) in [6.45, 7) is 6.22. The summed E-state index contributed by atoms with van der Waals surface area (Å²) in [5, 5.41) is 0. The fourth-order valence-electron chi connectivity index (χ4n) is 3.48. The lowest BCUT2D eigenvalue weighted by molar-refractivity contribution is -0.144. The minimum Gasteiger partial charge on any atom is -0.466 e. The highest BCUT2D eigenvalue weighted by atomic mass is 16.5. The lowest BCUT2D eigenvalue weighted by Gasteiger charge is -2.16. The van der Waals surface area contributed by atoms with Gasteiger partial charge in [-0.25, -0.2) is 0 Å². The number of rotatable bonds is 22. The van der Waals surface area contributed by atoms with Crippen LogP contribution in [-0.2, 0) is 23.8 Å². The standard InChI is InChI=1S/C25H48O5/c1-4-6-8-9-10-14-20-29-24(26)16-12-11-13-17-25(27)30-22-19-23(15-7-5-2)18-21-28-3/h23H,4-22H2,1-3H3. The molecule has 0 aromatic carbocycles. The van der Waals surface area contributed by atoms with Gasteiger partial charge in [-0.2, -0.15) is 0 Å². The second kappa shape index (κ2) is 22.6. The second-order valence-corrected chi connectivity index (χ2v) is 8.35. The van der Waals surface area contributed by atoms with E-state index >= 15 is 0 Å². The van der Waals surface area contributed by atoms with E-state index in [1.165, 1.54) is 44.9 Å². The highest BCUT2D eigenvalue weighted by Crippen LogP contribution is 2.17. The van der Waals surface area contributed by atoms with Crippen molar-refractivity contribution < 1.29 is 23.8 Å². The maximum atomic E-state index is 11.9. The summed E-state index contributed by atoms with van der Waals surface area (Å²) < 4.78 is 15.8. The van der Waals surface area contributed by atoms with Crippen molar-refractivity contribution in [3.8, 4) is 0 Å². The third kappa shape index (κ3) is 20.2. The monoisotopic (exact) mass is 428 g/mol. The van der Waals surface area contributed by atoms with Crippen LogP contribution in [-0.4, -0.2) is 38.9 Å². The highest BCUT2D eigenvalue weighted by molar-refractivity contribution is 5.69. The molecule has 0 spiro atoms. The van der Waals surface area contributed by atoms with Gasteiger partial charge in [-0.05, 0) is 38.0 Å². The van der Waals surface area contributed by atoms with Gasteiger partial charge in [0.05, 0.1) is 13.2 Å². The minimum absolute atomic E-state index is 0.111. The molecule has 0 aliphatic rings. The van der Waals surface area contributed by atoms with Gasteiger partial charge in [0.1, 0.15) is 0 Å². The van der Waals surface area contributed by atoms with Crippen LogP contribution in [0.2, 0.25) is 0 Å². The molecular weight excluding hydrogens is 380 g/mol. The Hall–Kier alpha value is -1.10. The van der Waals surface area contributed by atoms with Crippen molar-refractivity contribution in [2.45, 2.75) is 117 Å². The summed E-state index contributed by atoms with van der Waals surface area (Å²) in [5.41, 5.74) is 0. The van der Waals surface area contributed by atoms with Crippen LogP contribution >= 0.6 is 0 Å². The molecular formula is C25H48O5. The van der Waals surface area contributed by atoms with Crippen LogP contribution in [0.25, 0.3) is 0 Å². The lowest BCUT2D eigenvalue weighted by atomic mass is 9.96. The first-order chi connectivity index (χ1) is 14.6. The van der Waals surface area contributed by atoms with Crippen LogP contribution in [0.5, 0.6) is 0 Å². The van der Waals surface area contributed by atoms with E-state index in [0.29, 0.717) is 32.0 Å². The van der Waals surface area contributed by atoms with Gasteiger partial charge >= 0.3 is 11.9 Å². The number of unbranched alkanes of at least 4 members (excludes halogenated alkanes) is 8. The third-order valence-corrected chi connectivity index (χ3v) is 5.51. The van der Waals surface area contributed by atoms with Crippen LogP contribution in [0.4, 0.5) is 0 Å². The smallest absolute Gasteiger partial charge is 0.305 e. The molecule has 0 saturated carbocycles. The van der Waals surface area contributed by atoms with Crippen LogP contribution in [0, 0.1) is 5.92 Å². The zero-order chi connectivity index (χ0) is 22.3. The zero-order valence-electron chi connectivity index (χ0n) is 20.1. The van der Waals surface area contributed by atoms with Crippen molar-refractivity contribution in [3.63, 3.8) is 0 Å². The predicted molar refractivity (Wildman–Crippen MR) is 123 cm³/mol. The van der Waals surface area contributed by atoms with Crippen molar-refractivity contribution in [3.05, 3.63) is 0 Å². The Kier molecular flexibility index (Phi) is 21.8. The van der Waals surface area contributed by atoms with Gasteiger partial charge in [-0.3, -0.25) is 9.59 Å².